The van der Waals surface area contributed by atoms with Gasteiger partial charge in [0.05, 0.1) is 6.26 Å². The highest BCUT2D eigenvalue weighted by Crippen LogP contribution is 2.48. The predicted octanol–water partition coefficient (Wildman–Crippen LogP) is 3.04. The quantitative estimate of drug-likeness (QED) is 0.799. The fourth-order valence-electron chi connectivity index (χ4n) is 4.71. The molecule has 5 heteroatoms. The molecule has 1 amide bonds. The van der Waals surface area contributed by atoms with E-state index in [2.05, 4.69) is 11.4 Å². The molecule has 2 bridgehead atoms. The number of amides is 1. The van der Waals surface area contributed by atoms with Crippen molar-refractivity contribution in [1.82, 2.24) is 10.2 Å². The van der Waals surface area contributed by atoms with Crippen LogP contribution >= 0.6 is 0 Å². The van der Waals surface area contributed by atoms with E-state index < -0.39 is 5.60 Å². The molecular formula is C18H26N2O3. The van der Waals surface area contributed by atoms with Crippen molar-refractivity contribution < 1.29 is 13.9 Å². The Bertz CT molecular complexity index is 618. The van der Waals surface area contributed by atoms with Crippen LogP contribution in [0.2, 0.25) is 0 Å². The number of likely N-dealkylation sites (tertiary alicyclic amines) is 1. The predicted molar refractivity (Wildman–Crippen MR) is 86.2 cm³/mol. The Labute approximate surface area is 137 Å². The van der Waals surface area contributed by atoms with Crippen LogP contribution in [0, 0.1) is 5.92 Å². The van der Waals surface area contributed by atoms with Gasteiger partial charge in [-0.1, -0.05) is 0 Å². The molecule has 2 fully saturated rings. The third-order valence-electron chi connectivity index (χ3n) is 5.43. The third kappa shape index (κ3) is 2.55. The first-order valence-electron chi connectivity index (χ1n) is 8.68. The van der Waals surface area contributed by atoms with Crippen LogP contribution in [0.15, 0.2) is 16.7 Å². The first-order chi connectivity index (χ1) is 10.9. The highest BCUT2D eigenvalue weighted by atomic mass is 16.6. The number of rotatable bonds is 0. The fraction of sp³-hybridized carbons (Fsp3) is 0.722. The molecule has 3 atom stereocenters. The van der Waals surface area contributed by atoms with E-state index in [4.69, 9.17) is 9.15 Å². The molecule has 23 heavy (non-hydrogen) atoms. The zero-order valence-corrected chi connectivity index (χ0v) is 14.2. The first-order valence-corrected chi connectivity index (χ1v) is 8.68. The number of hydrogen-bond acceptors (Lipinski definition) is 4. The number of carbonyl (C=O) groups excluding carboxylic acids is 1. The van der Waals surface area contributed by atoms with Crippen LogP contribution in [0.4, 0.5) is 4.79 Å². The number of carbonyl (C=O) groups is 1. The summed E-state index contributed by atoms with van der Waals surface area (Å²) in [4.78, 5) is 14.5. The van der Waals surface area contributed by atoms with Gasteiger partial charge in [-0.3, -0.25) is 0 Å². The van der Waals surface area contributed by atoms with Crippen LogP contribution in [-0.4, -0.2) is 35.7 Å². The topological polar surface area (TPSA) is 54.7 Å². The molecule has 126 valence electrons. The number of fused-ring (bicyclic) bond motifs is 4. The van der Waals surface area contributed by atoms with E-state index in [-0.39, 0.29) is 17.7 Å². The summed E-state index contributed by atoms with van der Waals surface area (Å²) in [5, 5.41) is 3.75. The van der Waals surface area contributed by atoms with E-state index in [0.717, 1.165) is 44.5 Å². The van der Waals surface area contributed by atoms with E-state index in [1.165, 1.54) is 5.56 Å². The van der Waals surface area contributed by atoms with Crippen molar-refractivity contribution in [1.29, 1.82) is 0 Å². The van der Waals surface area contributed by atoms with Crippen molar-refractivity contribution in [3.63, 3.8) is 0 Å². The molecule has 2 aliphatic heterocycles. The van der Waals surface area contributed by atoms with Crippen LogP contribution in [-0.2, 0) is 16.7 Å². The number of ether oxygens (including phenoxy) is 1. The van der Waals surface area contributed by atoms with Crippen molar-refractivity contribution >= 4 is 6.09 Å². The van der Waals surface area contributed by atoms with Gasteiger partial charge in [-0.25, -0.2) is 4.79 Å². The van der Waals surface area contributed by atoms with E-state index in [0.29, 0.717) is 5.92 Å². The number of hydrogen-bond donors (Lipinski definition) is 1. The van der Waals surface area contributed by atoms with E-state index >= 15 is 0 Å². The van der Waals surface area contributed by atoms with E-state index in [1.807, 2.05) is 31.9 Å². The van der Waals surface area contributed by atoms with Gasteiger partial charge in [0, 0.05) is 36.7 Å². The maximum Gasteiger partial charge on any atom is 0.410 e. The van der Waals surface area contributed by atoms with Gasteiger partial charge in [0.15, 0.2) is 0 Å². The average Bonchev–Trinajstić information content (AvgIpc) is 3.03. The Hall–Kier alpha value is -1.49. The van der Waals surface area contributed by atoms with Crippen molar-refractivity contribution in [2.45, 2.75) is 63.6 Å². The summed E-state index contributed by atoms with van der Waals surface area (Å²) in [5.74, 6) is 1.66. The standard InChI is InChI=1S/C18H26N2O3/c1-17(2,3)23-16(21)20-11-12-8-13(20)10-18(9-12)14-5-7-22-15(14)4-6-19-18/h5,7,12-13,19H,4,6,8-11H2,1-3H3. The maximum atomic E-state index is 12.5. The Balaban J connectivity index is 1.57. The second kappa shape index (κ2) is 5.00. The summed E-state index contributed by atoms with van der Waals surface area (Å²) in [5.41, 5.74) is 0.849. The van der Waals surface area contributed by atoms with Crippen LogP contribution in [0.3, 0.4) is 0 Å². The Morgan fingerprint density at radius 1 is 1.43 bits per heavy atom. The monoisotopic (exact) mass is 318 g/mol. The van der Waals surface area contributed by atoms with Crippen LogP contribution in [0.5, 0.6) is 0 Å². The molecule has 3 heterocycles. The van der Waals surface area contributed by atoms with E-state index in [9.17, 15) is 4.79 Å². The van der Waals surface area contributed by atoms with E-state index in [1.54, 1.807) is 0 Å². The Morgan fingerprint density at radius 2 is 2.26 bits per heavy atom. The molecule has 5 nitrogen and oxygen atoms in total. The first kappa shape index (κ1) is 15.1. The Morgan fingerprint density at radius 3 is 3.04 bits per heavy atom. The molecule has 1 spiro atoms. The minimum absolute atomic E-state index is 0.0229. The number of furan rings is 1. The lowest BCUT2D eigenvalue weighted by Crippen LogP contribution is -2.52. The molecule has 0 aromatic carbocycles. The molecule has 1 saturated heterocycles. The number of nitrogens with one attached hydrogen (secondary N) is 1. The van der Waals surface area contributed by atoms with Gasteiger partial charge in [0.2, 0.25) is 0 Å². The smallest absolute Gasteiger partial charge is 0.410 e. The second-order valence-electron chi connectivity index (χ2n) is 8.31. The Kier molecular flexibility index (Phi) is 3.28. The van der Waals surface area contributed by atoms with Gasteiger partial charge in [-0.05, 0) is 52.0 Å². The molecular weight excluding hydrogens is 292 g/mol. The minimum Gasteiger partial charge on any atom is -0.469 e. The number of nitrogens with zero attached hydrogens (tertiary/aromatic N) is 1. The van der Waals surface area contributed by atoms with Crippen LogP contribution in [0.25, 0.3) is 0 Å². The normalized spacial score (nSPS) is 32.9. The van der Waals surface area contributed by atoms with Crippen molar-refractivity contribution in [3.8, 4) is 0 Å². The molecule has 3 aliphatic rings. The fourth-order valence-corrected chi connectivity index (χ4v) is 4.71. The second-order valence-corrected chi connectivity index (χ2v) is 8.31. The SMILES string of the molecule is CC(C)(C)OC(=O)N1CC2CC1CC1(C2)NCCc2occc21. The van der Waals surface area contributed by atoms with Crippen molar-refractivity contribution in [2.24, 2.45) is 5.92 Å². The van der Waals surface area contributed by atoms with Gasteiger partial charge >= 0.3 is 6.09 Å². The summed E-state index contributed by atoms with van der Waals surface area (Å²) in [6.45, 7) is 7.54. The summed E-state index contributed by atoms with van der Waals surface area (Å²) in [6.07, 6.45) is 5.72. The van der Waals surface area contributed by atoms with Gasteiger partial charge in [0.25, 0.3) is 0 Å². The molecule has 3 unspecified atom stereocenters. The summed E-state index contributed by atoms with van der Waals surface area (Å²) >= 11 is 0. The summed E-state index contributed by atoms with van der Waals surface area (Å²) < 4.78 is 11.3. The summed E-state index contributed by atoms with van der Waals surface area (Å²) in [6, 6.07) is 2.38. The average molecular weight is 318 g/mol. The van der Waals surface area contributed by atoms with Gasteiger partial charge in [-0.15, -0.1) is 0 Å². The molecule has 1 aromatic heterocycles. The van der Waals surface area contributed by atoms with Gasteiger partial charge in [-0.2, -0.15) is 0 Å². The van der Waals surface area contributed by atoms with Gasteiger partial charge < -0.3 is 19.4 Å². The largest absolute Gasteiger partial charge is 0.469 e. The molecule has 1 saturated carbocycles. The highest BCUT2D eigenvalue weighted by Gasteiger charge is 2.51. The lowest BCUT2D eigenvalue weighted by atomic mass is 9.70. The van der Waals surface area contributed by atoms with Crippen LogP contribution < -0.4 is 5.32 Å². The van der Waals surface area contributed by atoms with Crippen molar-refractivity contribution in [2.75, 3.05) is 13.1 Å². The maximum absolute atomic E-state index is 12.5. The lowest BCUT2D eigenvalue weighted by Gasteiger charge is -2.44. The molecule has 4 rings (SSSR count). The lowest BCUT2D eigenvalue weighted by molar-refractivity contribution is 0.0205. The summed E-state index contributed by atoms with van der Waals surface area (Å²) in [7, 11) is 0. The van der Waals surface area contributed by atoms with Gasteiger partial charge in [0.1, 0.15) is 11.4 Å². The molecule has 1 aliphatic carbocycles. The highest BCUT2D eigenvalue weighted by molar-refractivity contribution is 5.69. The third-order valence-corrected chi connectivity index (χ3v) is 5.43. The zero-order valence-electron chi connectivity index (χ0n) is 14.2. The molecule has 1 aromatic rings. The van der Waals surface area contributed by atoms with Crippen molar-refractivity contribution in [3.05, 3.63) is 23.7 Å². The zero-order chi connectivity index (χ0) is 16.2. The minimum atomic E-state index is -0.438. The van der Waals surface area contributed by atoms with Crippen LogP contribution in [0.1, 0.15) is 51.4 Å². The molecule has 0 radical (unpaired) electrons. The molecule has 1 N–H and O–H groups in total.